The first-order valence-electron chi connectivity index (χ1n) is 8.07. The third kappa shape index (κ3) is 5.30. The van der Waals surface area contributed by atoms with Crippen molar-refractivity contribution >= 4 is 5.91 Å². The van der Waals surface area contributed by atoms with Gasteiger partial charge in [0.1, 0.15) is 6.10 Å². The second-order valence-corrected chi connectivity index (χ2v) is 5.78. The Morgan fingerprint density at radius 1 is 1.50 bits per heavy atom. The minimum absolute atomic E-state index is 0.0440. The van der Waals surface area contributed by atoms with E-state index in [1.54, 1.807) is 18.2 Å². The number of carbonyl (C=O) groups is 1. The van der Waals surface area contributed by atoms with E-state index < -0.39 is 0 Å². The van der Waals surface area contributed by atoms with Crippen LogP contribution in [-0.4, -0.2) is 31.6 Å². The molecule has 0 spiro atoms. The minimum Gasteiger partial charge on any atom is -0.486 e. The average Bonchev–Trinajstić information content (AvgIpc) is 3.04. The summed E-state index contributed by atoms with van der Waals surface area (Å²) in [5, 5.41) is 6.19. The molecule has 122 valence electrons. The fraction of sp³-hybridized carbons (Fsp3) is 0.588. The molecule has 1 saturated heterocycles. The molecule has 0 aromatic heterocycles. The summed E-state index contributed by atoms with van der Waals surface area (Å²) < 4.78 is 19.2. The van der Waals surface area contributed by atoms with Gasteiger partial charge in [-0.1, -0.05) is 19.1 Å². The van der Waals surface area contributed by atoms with Crippen molar-refractivity contribution in [3.05, 3.63) is 30.1 Å². The Bertz CT molecular complexity index is 475. The fourth-order valence-corrected chi connectivity index (χ4v) is 2.60. The number of ether oxygens (including phenoxy) is 1. The number of benzene rings is 1. The van der Waals surface area contributed by atoms with E-state index in [4.69, 9.17) is 4.74 Å². The largest absolute Gasteiger partial charge is 0.486 e. The molecule has 1 fully saturated rings. The van der Waals surface area contributed by atoms with E-state index in [2.05, 4.69) is 10.6 Å². The molecule has 0 bridgehead atoms. The molecule has 4 nitrogen and oxygen atoms in total. The summed E-state index contributed by atoms with van der Waals surface area (Å²) in [7, 11) is 0. The van der Waals surface area contributed by atoms with Gasteiger partial charge in [-0.05, 0) is 50.4 Å². The Labute approximate surface area is 131 Å². The second kappa shape index (κ2) is 8.73. The standard InChI is InChI=1S/C17H25FN2O2/c1-2-14(22-16-6-4-3-5-15(16)18)12-20-17(21)8-7-13-9-10-19-11-13/h3-6,13-14,19H,2,7-12H2,1H3,(H,20,21). The summed E-state index contributed by atoms with van der Waals surface area (Å²) in [5.74, 6) is 0.520. The predicted molar refractivity (Wildman–Crippen MR) is 84.3 cm³/mol. The fourth-order valence-electron chi connectivity index (χ4n) is 2.60. The Hall–Kier alpha value is -1.62. The Balaban J connectivity index is 1.71. The first-order chi connectivity index (χ1) is 10.7. The number of nitrogens with one attached hydrogen (secondary N) is 2. The summed E-state index contributed by atoms with van der Waals surface area (Å²) in [6.45, 7) is 4.44. The molecule has 2 rings (SSSR count). The lowest BCUT2D eigenvalue weighted by Gasteiger charge is -2.18. The van der Waals surface area contributed by atoms with Crippen molar-refractivity contribution in [3.63, 3.8) is 0 Å². The topological polar surface area (TPSA) is 50.4 Å². The summed E-state index contributed by atoms with van der Waals surface area (Å²) in [6, 6.07) is 6.34. The molecule has 1 aliphatic heterocycles. The van der Waals surface area contributed by atoms with Gasteiger partial charge >= 0.3 is 0 Å². The Kier molecular flexibility index (Phi) is 6.65. The third-order valence-electron chi connectivity index (χ3n) is 4.05. The highest BCUT2D eigenvalue weighted by Gasteiger charge is 2.17. The number of hydrogen-bond acceptors (Lipinski definition) is 3. The SMILES string of the molecule is CCC(CNC(=O)CCC1CCNC1)Oc1ccccc1F. The minimum atomic E-state index is -0.374. The summed E-state index contributed by atoms with van der Waals surface area (Å²) in [5.41, 5.74) is 0. The maximum absolute atomic E-state index is 13.6. The Morgan fingerprint density at radius 2 is 2.32 bits per heavy atom. The molecule has 0 radical (unpaired) electrons. The van der Waals surface area contributed by atoms with Gasteiger partial charge in [-0.25, -0.2) is 4.39 Å². The molecule has 2 N–H and O–H groups in total. The summed E-state index contributed by atoms with van der Waals surface area (Å²) >= 11 is 0. The first-order valence-corrected chi connectivity index (χ1v) is 8.07. The van der Waals surface area contributed by atoms with Crippen molar-refractivity contribution in [1.29, 1.82) is 0 Å². The molecule has 1 aliphatic rings. The highest BCUT2D eigenvalue weighted by molar-refractivity contribution is 5.75. The smallest absolute Gasteiger partial charge is 0.220 e. The van der Waals surface area contributed by atoms with E-state index in [1.165, 1.54) is 6.07 Å². The zero-order chi connectivity index (χ0) is 15.8. The maximum Gasteiger partial charge on any atom is 0.220 e. The van der Waals surface area contributed by atoms with Crippen molar-refractivity contribution in [2.24, 2.45) is 5.92 Å². The number of hydrogen-bond donors (Lipinski definition) is 2. The molecule has 0 saturated carbocycles. The lowest BCUT2D eigenvalue weighted by atomic mass is 10.0. The van der Waals surface area contributed by atoms with E-state index in [-0.39, 0.29) is 23.6 Å². The van der Waals surface area contributed by atoms with Crippen LogP contribution < -0.4 is 15.4 Å². The van der Waals surface area contributed by atoms with Crippen LogP contribution in [0.15, 0.2) is 24.3 Å². The van der Waals surface area contributed by atoms with Crippen molar-refractivity contribution in [3.8, 4) is 5.75 Å². The number of rotatable bonds is 8. The molecule has 1 amide bonds. The van der Waals surface area contributed by atoms with Crippen LogP contribution in [0.5, 0.6) is 5.75 Å². The summed E-state index contributed by atoms with van der Waals surface area (Å²) in [6.07, 6.45) is 3.11. The molecule has 2 atom stereocenters. The van der Waals surface area contributed by atoms with Crippen LogP contribution in [0.4, 0.5) is 4.39 Å². The summed E-state index contributed by atoms with van der Waals surface area (Å²) in [4.78, 5) is 11.9. The number of para-hydroxylation sites is 1. The van der Waals surface area contributed by atoms with E-state index in [0.717, 1.165) is 25.9 Å². The van der Waals surface area contributed by atoms with Crippen molar-refractivity contribution in [2.45, 2.75) is 38.7 Å². The van der Waals surface area contributed by atoms with Crippen LogP contribution >= 0.6 is 0 Å². The van der Waals surface area contributed by atoms with Gasteiger partial charge in [0, 0.05) is 6.42 Å². The van der Waals surface area contributed by atoms with Crippen LogP contribution in [0.1, 0.15) is 32.6 Å². The normalized spacial score (nSPS) is 18.9. The highest BCUT2D eigenvalue weighted by Crippen LogP contribution is 2.18. The predicted octanol–water partition coefficient (Wildman–Crippen LogP) is 2.49. The van der Waals surface area contributed by atoms with Crippen LogP contribution in [0.25, 0.3) is 0 Å². The third-order valence-corrected chi connectivity index (χ3v) is 4.05. The van der Waals surface area contributed by atoms with Gasteiger partial charge in [-0.15, -0.1) is 0 Å². The number of amides is 1. The van der Waals surface area contributed by atoms with Crippen LogP contribution in [0, 0.1) is 11.7 Å². The molecule has 1 aromatic rings. The van der Waals surface area contributed by atoms with Crippen LogP contribution in [0.3, 0.4) is 0 Å². The molecule has 0 aliphatic carbocycles. The lowest BCUT2D eigenvalue weighted by molar-refractivity contribution is -0.121. The van der Waals surface area contributed by atoms with Crippen molar-refractivity contribution in [1.82, 2.24) is 10.6 Å². The van der Waals surface area contributed by atoms with E-state index >= 15 is 0 Å². The molecule has 1 aromatic carbocycles. The van der Waals surface area contributed by atoms with Crippen molar-refractivity contribution < 1.29 is 13.9 Å². The van der Waals surface area contributed by atoms with E-state index in [0.29, 0.717) is 25.3 Å². The monoisotopic (exact) mass is 308 g/mol. The molecule has 22 heavy (non-hydrogen) atoms. The highest BCUT2D eigenvalue weighted by atomic mass is 19.1. The van der Waals surface area contributed by atoms with Gasteiger partial charge in [0.15, 0.2) is 11.6 Å². The first kappa shape index (κ1) is 16.7. The van der Waals surface area contributed by atoms with E-state index in [1.807, 2.05) is 6.92 Å². The van der Waals surface area contributed by atoms with Gasteiger partial charge < -0.3 is 15.4 Å². The number of halogens is 1. The van der Waals surface area contributed by atoms with Crippen LogP contribution in [0.2, 0.25) is 0 Å². The van der Waals surface area contributed by atoms with Gasteiger partial charge in [0.05, 0.1) is 6.54 Å². The molecule has 2 unspecified atom stereocenters. The average molecular weight is 308 g/mol. The second-order valence-electron chi connectivity index (χ2n) is 5.78. The van der Waals surface area contributed by atoms with Gasteiger partial charge in [-0.3, -0.25) is 4.79 Å². The molecular formula is C17H25FN2O2. The maximum atomic E-state index is 13.6. The molecule has 5 heteroatoms. The number of carbonyl (C=O) groups excluding carboxylic acids is 1. The Morgan fingerprint density at radius 3 is 3.00 bits per heavy atom. The van der Waals surface area contributed by atoms with Gasteiger partial charge in [0.25, 0.3) is 0 Å². The molecule has 1 heterocycles. The van der Waals surface area contributed by atoms with E-state index in [9.17, 15) is 9.18 Å². The quantitative estimate of drug-likeness (QED) is 0.776. The molecular weight excluding hydrogens is 283 g/mol. The zero-order valence-corrected chi connectivity index (χ0v) is 13.1. The van der Waals surface area contributed by atoms with Gasteiger partial charge in [-0.2, -0.15) is 0 Å². The van der Waals surface area contributed by atoms with Gasteiger partial charge in [0.2, 0.25) is 5.91 Å². The lowest BCUT2D eigenvalue weighted by Crippen LogP contribution is -2.35. The zero-order valence-electron chi connectivity index (χ0n) is 13.1. The van der Waals surface area contributed by atoms with Crippen molar-refractivity contribution in [2.75, 3.05) is 19.6 Å². The van der Waals surface area contributed by atoms with Crippen LogP contribution in [-0.2, 0) is 4.79 Å².